The van der Waals surface area contributed by atoms with Crippen molar-refractivity contribution in [2.75, 3.05) is 7.11 Å². The first-order valence-corrected chi connectivity index (χ1v) is 7.00. The predicted molar refractivity (Wildman–Crippen MR) is 78.3 cm³/mol. The van der Waals surface area contributed by atoms with Crippen molar-refractivity contribution in [1.82, 2.24) is 5.16 Å². The van der Waals surface area contributed by atoms with Crippen LogP contribution in [0.25, 0.3) is 0 Å². The predicted octanol–water partition coefficient (Wildman–Crippen LogP) is 3.18. The fourth-order valence-electron chi connectivity index (χ4n) is 1.79. The van der Waals surface area contributed by atoms with Crippen molar-refractivity contribution in [2.24, 2.45) is 5.73 Å². The van der Waals surface area contributed by atoms with E-state index in [0.717, 1.165) is 21.5 Å². The second-order valence-corrected chi connectivity index (χ2v) is 5.39. The summed E-state index contributed by atoms with van der Waals surface area (Å²) in [7, 11) is 1.61. The van der Waals surface area contributed by atoms with Gasteiger partial charge in [0.05, 0.1) is 0 Å². The van der Waals surface area contributed by atoms with Crippen LogP contribution in [0, 0.1) is 0 Å². The molecule has 1 aromatic heterocycles. The van der Waals surface area contributed by atoms with Crippen molar-refractivity contribution in [2.45, 2.75) is 26.2 Å². The lowest BCUT2D eigenvalue weighted by Gasteiger charge is -2.13. The molecule has 1 heterocycles. The molecule has 5 nitrogen and oxygen atoms in total. The Hall–Kier alpha value is -1.37. The second kappa shape index (κ2) is 6.88. The molecule has 0 spiro atoms. The van der Waals surface area contributed by atoms with Crippen LogP contribution in [0.1, 0.15) is 30.0 Å². The molecule has 108 valence electrons. The highest BCUT2D eigenvalue weighted by Crippen LogP contribution is 2.28. The van der Waals surface area contributed by atoms with Gasteiger partial charge in [0.25, 0.3) is 0 Å². The van der Waals surface area contributed by atoms with Crippen LogP contribution < -0.4 is 10.5 Å². The van der Waals surface area contributed by atoms with Gasteiger partial charge in [-0.15, -0.1) is 0 Å². The van der Waals surface area contributed by atoms with Gasteiger partial charge in [0.2, 0.25) is 0 Å². The molecule has 1 atom stereocenters. The number of benzene rings is 1. The maximum Gasteiger partial charge on any atom is 0.162 e. The van der Waals surface area contributed by atoms with E-state index >= 15 is 0 Å². The first-order chi connectivity index (χ1) is 9.60. The average Bonchev–Trinajstić information content (AvgIpc) is 2.85. The number of nitrogens with two attached hydrogens (primary N) is 1. The summed E-state index contributed by atoms with van der Waals surface area (Å²) < 4.78 is 16.8. The van der Waals surface area contributed by atoms with Crippen LogP contribution in [0.3, 0.4) is 0 Å². The zero-order chi connectivity index (χ0) is 14.5. The van der Waals surface area contributed by atoms with Crippen LogP contribution in [-0.4, -0.2) is 12.3 Å². The molecule has 20 heavy (non-hydrogen) atoms. The van der Waals surface area contributed by atoms with Gasteiger partial charge in [-0.3, -0.25) is 0 Å². The fraction of sp³-hybridized carbons (Fsp3) is 0.357. The standard InChI is InChI=1S/C14H17BrN2O3/c1-9(16)13-5-10(15)3-4-14(13)19-7-11-6-12(8-18-2)20-17-11/h3-6,9H,7-8,16H2,1-2H3/t9-/m0/s1. The summed E-state index contributed by atoms with van der Waals surface area (Å²) in [6, 6.07) is 7.47. The molecule has 0 saturated carbocycles. The Morgan fingerprint density at radius 1 is 1.35 bits per heavy atom. The number of halogens is 1. The van der Waals surface area contributed by atoms with E-state index in [0.29, 0.717) is 19.0 Å². The largest absolute Gasteiger partial charge is 0.487 e. The van der Waals surface area contributed by atoms with Crippen LogP contribution in [0.5, 0.6) is 5.75 Å². The summed E-state index contributed by atoms with van der Waals surface area (Å²) in [6.07, 6.45) is 0. The van der Waals surface area contributed by atoms with Gasteiger partial charge in [0.15, 0.2) is 5.76 Å². The molecule has 0 aliphatic rings. The zero-order valence-electron chi connectivity index (χ0n) is 11.4. The molecule has 0 unspecified atom stereocenters. The Labute approximate surface area is 126 Å². The molecule has 2 rings (SSSR count). The van der Waals surface area contributed by atoms with Crippen molar-refractivity contribution in [1.29, 1.82) is 0 Å². The molecule has 1 aromatic carbocycles. The van der Waals surface area contributed by atoms with Gasteiger partial charge in [0, 0.05) is 29.3 Å². The minimum absolute atomic E-state index is 0.108. The van der Waals surface area contributed by atoms with Crippen molar-refractivity contribution >= 4 is 15.9 Å². The third-order valence-corrected chi connectivity index (χ3v) is 3.23. The van der Waals surface area contributed by atoms with E-state index in [4.69, 9.17) is 19.7 Å². The van der Waals surface area contributed by atoms with Crippen LogP contribution in [0.2, 0.25) is 0 Å². The lowest BCUT2D eigenvalue weighted by atomic mass is 10.1. The number of hydrogen-bond donors (Lipinski definition) is 1. The maximum atomic E-state index is 5.94. The van der Waals surface area contributed by atoms with Gasteiger partial charge in [-0.05, 0) is 25.1 Å². The monoisotopic (exact) mass is 340 g/mol. The van der Waals surface area contributed by atoms with E-state index < -0.39 is 0 Å². The Morgan fingerprint density at radius 3 is 2.85 bits per heavy atom. The SMILES string of the molecule is COCc1cc(COc2ccc(Br)cc2[C@H](C)N)no1. The van der Waals surface area contributed by atoms with E-state index in [9.17, 15) is 0 Å². The van der Waals surface area contributed by atoms with Crippen molar-refractivity contribution in [3.05, 3.63) is 45.8 Å². The highest BCUT2D eigenvalue weighted by molar-refractivity contribution is 9.10. The molecule has 0 bridgehead atoms. The van der Waals surface area contributed by atoms with Gasteiger partial charge in [0.1, 0.15) is 24.7 Å². The van der Waals surface area contributed by atoms with Gasteiger partial charge < -0.3 is 19.7 Å². The summed E-state index contributed by atoms with van der Waals surface area (Å²) in [5.74, 6) is 1.42. The smallest absolute Gasteiger partial charge is 0.162 e. The first kappa shape index (κ1) is 15.0. The minimum atomic E-state index is -0.108. The Morgan fingerprint density at radius 2 is 2.15 bits per heavy atom. The maximum absolute atomic E-state index is 5.94. The summed E-state index contributed by atoms with van der Waals surface area (Å²) in [4.78, 5) is 0. The lowest BCUT2D eigenvalue weighted by molar-refractivity contribution is 0.155. The minimum Gasteiger partial charge on any atom is -0.487 e. The second-order valence-electron chi connectivity index (χ2n) is 4.48. The average molecular weight is 341 g/mol. The number of ether oxygens (including phenoxy) is 2. The van der Waals surface area contributed by atoms with Gasteiger partial charge in [-0.2, -0.15) is 0 Å². The van der Waals surface area contributed by atoms with Gasteiger partial charge >= 0.3 is 0 Å². The van der Waals surface area contributed by atoms with Crippen LogP contribution in [-0.2, 0) is 18.0 Å². The van der Waals surface area contributed by atoms with E-state index in [1.165, 1.54) is 0 Å². The molecule has 2 aromatic rings. The molecule has 0 amide bonds. The van der Waals surface area contributed by atoms with Gasteiger partial charge in [-0.25, -0.2) is 0 Å². The Bertz CT molecular complexity index is 569. The summed E-state index contributed by atoms with van der Waals surface area (Å²) in [6.45, 7) is 2.65. The molecule has 6 heteroatoms. The van der Waals surface area contributed by atoms with Gasteiger partial charge in [-0.1, -0.05) is 21.1 Å². The van der Waals surface area contributed by atoms with Crippen LogP contribution >= 0.6 is 15.9 Å². The Balaban J connectivity index is 2.06. The molecule has 0 fully saturated rings. The van der Waals surface area contributed by atoms with Crippen molar-refractivity contribution in [3.63, 3.8) is 0 Å². The number of nitrogens with zero attached hydrogens (tertiary/aromatic N) is 1. The molecule has 0 aliphatic carbocycles. The molecular formula is C14H17BrN2O3. The highest BCUT2D eigenvalue weighted by atomic mass is 79.9. The van der Waals surface area contributed by atoms with Crippen LogP contribution in [0.15, 0.2) is 33.3 Å². The number of hydrogen-bond acceptors (Lipinski definition) is 5. The quantitative estimate of drug-likeness (QED) is 0.874. The number of aromatic nitrogens is 1. The topological polar surface area (TPSA) is 70.5 Å². The molecule has 2 N–H and O–H groups in total. The van der Waals surface area contributed by atoms with E-state index in [1.54, 1.807) is 7.11 Å². The van der Waals surface area contributed by atoms with E-state index in [2.05, 4.69) is 21.1 Å². The fourth-order valence-corrected chi connectivity index (χ4v) is 2.17. The highest BCUT2D eigenvalue weighted by Gasteiger charge is 2.10. The zero-order valence-corrected chi connectivity index (χ0v) is 13.0. The summed E-state index contributed by atoms with van der Waals surface area (Å²) in [5, 5.41) is 3.92. The molecule has 0 saturated heterocycles. The van der Waals surface area contributed by atoms with E-state index in [-0.39, 0.29) is 6.04 Å². The lowest BCUT2D eigenvalue weighted by Crippen LogP contribution is -2.08. The number of rotatable bonds is 6. The molecular weight excluding hydrogens is 324 g/mol. The van der Waals surface area contributed by atoms with Crippen molar-refractivity contribution in [3.8, 4) is 5.75 Å². The third kappa shape index (κ3) is 3.82. The molecule has 0 aliphatic heterocycles. The summed E-state index contributed by atoms with van der Waals surface area (Å²) >= 11 is 3.43. The van der Waals surface area contributed by atoms with Crippen molar-refractivity contribution < 1.29 is 14.0 Å². The van der Waals surface area contributed by atoms with Crippen LogP contribution in [0.4, 0.5) is 0 Å². The normalized spacial score (nSPS) is 12.4. The first-order valence-electron chi connectivity index (χ1n) is 6.21. The third-order valence-electron chi connectivity index (χ3n) is 2.73. The molecule has 0 radical (unpaired) electrons. The van der Waals surface area contributed by atoms with E-state index in [1.807, 2.05) is 31.2 Å². The summed E-state index contributed by atoms with van der Waals surface area (Å²) in [5.41, 5.74) is 7.61. The number of methoxy groups -OCH3 is 1. The Kier molecular flexibility index (Phi) is 5.17.